The zero-order valence-electron chi connectivity index (χ0n) is 29.3. The number of thioether (sulfide) groups is 1. The first-order chi connectivity index (χ1) is 27.2. The van der Waals surface area contributed by atoms with Gasteiger partial charge in [0.25, 0.3) is 17.5 Å². The minimum Gasteiger partial charge on any atom is -0.324 e. The summed E-state index contributed by atoms with van der Waals surface area (Å²) in [6, 6.07) is 41.1. The van der Waals surface area contributed by atoms with Gasteiger partial charge in [0.2, 0.25) is 5.91 Å². The zero-order chi connectivity index (χ0) is 39.2. The van der Waals surface area contributed by atoms with E-state index >= 15 is 0 Å². The summed E-state index contributed by atoms with van der Waals surface area (Å²) in [4.78, 5) is 79.2. The van der Waals surface area contributed by atoms with Gasteiger partial charge in [-0.05, 0) is 65.7 Å². The number of nitrogens with one attached hydrogen (secondary N) is 3. The molecule has 0 fully saturated rings. The van der Waals surface area contributed by atoms with E-state index in [0.29, 0.717) is 32.8 Å². The van der Waals surface area contributed by atoms with Crippen LogP contribution >= 0.6 is 11.8 Å². The number of benzene rings is 6. The summed E-state index contributed by atoms with van der Waals surface area (Å²) in [7, 11) is 0. The Bertz CT molecular complexity index is 2560. The van der Waals surface area contributed by atoms with E-state index in [1.165, 1.54) is 42.1 Å². The zero-order valence-corrected chi connectivity index (χ0v) is 30.1. The van der Waals surface area contributed by atoms with Crippen LogP contribution in [0.15, 0.2) is 162 Å². The second kappa shape index (κ2) is 16.3. The molecule has 56 heavy (non-hydrogen) atoms. The monoisotopic (exact) mass is 758 g/mol. The fourth-order valence-electron chi connectivity index (χ4n) is 6.13. The summed E-state index contributed by atoms with van der Waals surface area (Å²) in [5.74, 6) is -2.31. The lowest BCUT2D eigenvalue weighted by atomic mass is 9.83. The van der Waals surface area contributed by atoms with Crippen LogP contribution in [0.3, 0.4) is 0 Å². The van der Waals surface area contributed by atoms with E-state index in [4.69, 9.17) is 0 Å². The van der Waals surface area contributed by atoms with E-state index < -0.39 is 27.9 Å². The van der Waals surface area contributed by atoms with Crippen molar-refractivity contribution >= 4 is 64.2 Å². The lowest BCUT2D eigenvalue weighted by molar-refractivity contribution is -0.384. The van der Waals surface area contributed by atoms with Crippen molar-refractivity contribution in [1.29, 1.82) is 0 Å². The topological polar surface area (TPSA) is 165 Å². The summed E-state index contributed by atoms with van der Waals surface area (Å²) in [5.41, 5.74) is 2.66. The van der Waals surface area contributed by atoms with E-state index in [9.17, 15) is 34.1 Å². The van der Waals surface area contributed by atoms with Crippen molar-refractivity contribution in [2.24, 2.45) is 0 Å². The number of non-ortho nitro benzene ring substituents is 1. The predicted molar refractivity (Wildman–Crippen MR) is 213 cm³/mol. The standard InChI is InChI=1S/C44H30N4O7S/c49-39-33-17-7-8-18-34(33)40(50)38-35(39)19-10-20-36(38)46-44(53)41(28-11-3-1-4-12-28)56-32-16-9-15-30(26-32)45-43(52)37(47-42(51)29-13-5-2-6-14-29)25-27-21-23-31(24-22-27)48(54)55/h1-26,41H,(H,45,52)(H,46,53)(H,47,51)/b37-25+. The molecule has 0 saturated heterocycles. The Kier molecular flexibility index (Phi) is 10.7. The molecule has 1 atom stereocenters. The second-order valence-electron chi connectivity index (χ2n) is 12.5. The Labute approximate surface area is 324 Å². The van der Waals surface area contributed by atoms with Crippen molar-refractivity contribution in [3.8, 4) is 0 Å². The number of hydrogen-bond acceptors (Lipinski definition) is 8. The van der Waals surface area contributed by atoms with Crippen LogP contribution < -0.4 is 16.0 Å². The third-order valence-electron chi connectivity index (χ3n) is 8.84. The maximum atomic E-state index is 14.2. The molecule has 1 aliphatic carbocycles. The molecule has 6 aromatic carbocycles. The van der Waals surface area contributed by atoms with Crippen molar-refractivity contribution in [3.05, 3.63) is 206 Å². The van der Waals surface area contributed by atoms with E-state index in [1.54, 1.807) is 121 Å². The second-order valence-corrected chi connectivity index (χ2v) is 13.7. The van der Waals surface area contributed by atoms with Crippen LogP contribution in [0.1, 0.15) is 58.6 Å². The van der Waals surface area contributed by atoms with Crippen molar-refractivity contribution in [2.45, 2.75) is 10.1 Å². The molecule has 0 spiro atoms. The Morgan fingerprint density at radius 2 is 1.29 bits per heavy atom. The first-order valence-corrected chi connectivity index (χ1v) is 18.1. The molecule has 0 aromatic heterocycles. The molecule has 274 valence electrons. The normalized spacial score (nSPS) is 12.5. The third kappa shape index (κ3) is 8.05. The average Bonchev–Trinajstić information content (AvgIpc) is 3.22. The molecule has 0 saturated carbocycles. The molecule has 3 N–H and O–H groups in total. The highest BCUT2D eigenvalue weighted by Crippen LogP contribution is 2.39. The van der Waals surface area contributed by atoms with Crippen molar-refractivity contribution in [1.82, 2.24) is 5.32 Å². The first kappa shape index (κ1) is 36.9. The van der Waals surface area contributed by atoms with E-state index in [0.717, 1.165) is 0 Å². The molecule has 7 rings (SSSR count). The van der Waals surface area contributed by atoms with Gasteiger partial charge in [-0.15, -0.1) is 11.8 Å². The van der Waals surface area contributed by atoms with Gasteiger partial charge in [0.05, 0.1) is 16.2 Å². The summed E-state index contributed by atoms with van der Waals surface area (Å²) in [6.07, 6.45) is 1.41. The number of nitrogens with zero attached hydrogens (tertiary/aromatic N) is 1. The molecule has 6 aromatic rings. The number of carbonyl (C=O) groups is 5. The number of nitro groups is 1. The summed E-state index contributed by atoms with van der Waals surface area (Å²) in [5, 5.41) is 18.7. The number of carbonyl (C=O) groups excluding carboxylic acids is 5. The number of ketones is 2. The molecule has 0 heterocycles. The molecule has 1 unspecified atom stereocenters. The number of hydrogen-bond donors (Lipinski definition) is 3. The number of amides is 3. The lowest BCUT2D eigenvalue weighted by Crippen LogP contribution is -2.30. The van der Waals surface area contributed by atoms with Gasteiger partial charge in [-0.25, -0.2) is 0 Å². The summed E-state index contributed by atoms with van der Waals surface area (Å²) in [6.45, 7) is 0. The predicted octanol–water partition coefficient (Wildman–Crippen LogP) is 8.25. The van der Waals surface area contributed by atoms with Crippen molar-refractivity contribution in [3.63, 3.8) is 0 Å². The molecule has 11 nitrogen and oxygen atoms in total. The largest absolute Gasteiger partial charge is 0.324 e. The van der Waals surface area contributed by atoms with Gasteiger partial charge in [-0.1, -0.05) is 91.0 Å². The average molecular weight is 759 g/mol. The number of nitro benzene ring substituents is 1. The maximum Gasteiger partial charge on any atom is 0.272 e. The highest BCUT2D eigenvalue weighted by Gasteiger charge is 2.33. The van der Waals surface area contributed by atoms with Crippen molar-refractivity contribution < 1.29 is 28.9 Å². The van der Waals surface area contributed by atoms with Crippen LogP contribution in [0.2, 0.25) is 0 Å². The number of rotatable bonds is 11. The molecule has 1 aliphatic rings. The van der Waals surface area contributed by atoms with Gasteiger partial charge >= 0.3 is 0 Å². The van der Waals surface area contributed by atoms with Gasteiger partial charge in [-0.2, -0.15) is 0 Å². The lowest BCUT2D eigenvalue weighted by Gasteiger charge is -2.22. The summed E-state index contributed by atoms with van der Waals surface area (Å²) >= 11 is 1.21. The third-order valence-corrected chi connectivity index (χ3v) is 10.1. The minimum atomic E-state index is -0.831. The quantitative estimate of drug-likeness (QED) is 0.0514. The Hall–Kier alpha value is -7.44. The van der Waals surface area contributed by atoms with Gasteiger partial charge < -0.3 is 16.0 Å². The fraction of sp³-hybridized carbons (Fsp3) is 0.0227. The molecular weight excluding hydrogens is 729 g/mol. The van der Waals surface area contributed by atoms with Gasteiger partial charge in [0, 0.05) is 45.0 Å². The van der Waals surface area contributed by atoms with Gasteiger partial charge in [0.15, 0.2) is 11.6 Å². The molecule has 0 bridgehead atoms. The maximum absolute atomic E-state index is 14.2. The summed E-state index contributed by atoms with van der Waals surface area (Å²) < 4.78 is 0. The first-order valence-electron chi connectivity index (χ1n) is 17.2. The van der Waals surface area contributed by atoms with Crippen LogP contribution in [0.25, 0.3) is 6.08 Å². The van der Waals surface area contributed by atoms with Crippen LogP contribution in [0.4, 0.5) is 17.1 Å². The molecule has 0 radical (unpaired) electrons. The van der Waals surface area contributed by atoms with Crippen LogP contribution in [0.5, 0.6) is 0 Å². The minimum absolute atomic E-state index is 0.117. The SMILES string of the molecule is O=C(Nc1cccc(SC(C(=O)Nc2cccc3c2C(=O)c2ccccc2C3=O)c2ccccc2)c1)/C(=C\c1ccc([N+](=O)[O-])cc1)NC(=O)c1ccccc1. The molecule has 3 amide bonds. The van der Waals surface area contributed by atoms with Gasteiger partial charge in [0.1, 0.15) is 10.9 Å². The van der Waals surface area contributed by atoms with E-state index in [1.807, 2.05) is 6.07 Å². The number of anilines is 2. The van der Waals surface area contributed by atoms with Crippen LogP contribution in [0, 0.1) is 10.1 Å². The molecule has 0 aliphatic heterocycles. The molecule has 12 heteroatoms. The Morgan fingerprint density at radius 1 is 0.661 bits per heavy atom. The Morgan fingerprint density at radius 3 is 1.98 bits per heavy atom. The molecular formula is C44H30N4O7S. The van der Waals surface area contributed by atoms with Crippen molar-refractivity contribution in [2.75, 3.05) is 10.6 Å². The fourth-order valence-corrected chi connectivity index (χ4v) is 7.21. The highest BCUT2D eigenvalue weighted by atomic mass is 32.2. The van der Waals surface area contributed by atoms with Gasteiger partial charge in [-0.3, -0.25) is 34.1 Å². The smallest absolute Gasteiger partial charge is 0.272 e. The van der Waals surface area contributed by atoms with Crippen LogP contribution in [-0.2, 0) is 9.59 Å². The van der Waals surface area contributed by atoms with E-state index in [-0.39, 0.29) is 45.3 Å². The highest BCUT2D eigenvalue weighted by molar-refractivity contribution is 8.00. The van der Waals surface area contributed by atoms with E-state index in [2.05, 4.69) is 16.0 Å². The number of fused-ring (bicyclic) bond motifs is 2. The Balaban J connectivity index is 1.14. The van der Waals surface area contributed by atoms with Crippen LogP contribution in [-0.4, -0.2) is 34.2 Å².